The molecule has 0 unspecified atom stereocenters. The van der Waals surface area contributed by atoms with Gasteiger partial charge in [0.1, 0.15) is 34.5 Å². The monoisotopic (exact) mass is 1300 g/mol. The van der Waals surface area contributed by atoms with Crippen molar-refractivity contribution in [1.29, 1.82) is 0 Å². The van der Waals surface area contributed by atoms with Gasteiger partial charge in [-0.2, -0.15) is 13.2 Å². The Labute approximate surface area is 534 Å². The van der Waals surface area contributed by atoms with Gasteiger partial charge in [0.2, 0.25) is 17.1 Å². The number of aliphatic carboxylic acids is 1. The number of halogens is 3. The zero-order valence-electron chi connectivity index (χ0n) is 50.0. The number of ether oxygens (including phenoxy) is 6. The van der Waals surface area contributed by atoms with Crippen LogP contribution in [-0.4, -0.2) is 137 Å². The average Bonchev–Trinajstić information content (AvgIpc) is 1.77. The van der Waals surface area contributed by atoms with Crippen LogP contribution in [0, 0.1) is 0 Å². The predicted octanol–water partition coefficient (Wildman–Crippen LogP) is 11.6. The number of carbonyl (C=O) groups excluding carboxylic acids is 1. The summed E-state index contributed by atoms with van der Waals surface area (Å²) in [5.41, 5.74) is 4.51. The van der Waals surface area contributed by atoms with Gasteiger partial charge in [-0.3, -0.25) is 19.9 Å². The number of aromatic hydroxyl groups is 1. The third kappa shape index (κ3) is 17.8. The van der Waals surface area contributed by atoms with E-state index in [1.165, 1.54) is 9.36 Å². The number of aromatic nitrogens is 13. The standard InChI is InChI=1S/C22H20N4O4.C20H16N4O4.C12H8N4O3.C9H7NO.C2HF3O2/c1-3-29-22(27)20-21(30-18-11-8-16-5-4-12-23-19(16)13-18)26(25-24-20)14-15-6-9-17(28-2)10-7-15;1-27-15-7-4-13(5-8-15)12-24-19(18(20(25)26)22-23-24)28-16-9-6-14-3-2-10-21-17(14)11-16;17-12(18)10-11(15-16-14-10)19-8-4-3-7-2-1-5-13-9(7)6-8;11-8-4-3-7-2-1-5-10-9(7)6-8;3-2(4,5)1(6)7/h4-13H,3,14H2,1-2H3;2-11H,12H2,1H3,(H,25,26);1-6H,(H,17,18)(H,14,15,16);1-6,11H;(H,6,7). The highest BCUT2D eigenvalue weighted by atomic mass is 19.4. The van der Waals surface area contributed by atoms with Crippen molar-refractivity contribution in [2.45, 2.75) is 26.2 Å². The molecule has 0 radical (unpaired) electrons. The molecule has 0 spiro atoms. The molecule has 6 aromatic carbocycles. The largest absolute Gasteiger partial charge is 0.508 e. The first-order valence-electron chi connectivity index (χ1n) is 28.0. The minimum absolute atomic E-state index is 0.0199. The number of aromatic amines is 1. The Balaban J connectivity index is 0.000000150. The maximum absolute atomic E-state index is 12.4. The number of nitrogens with zero attached hydrogens (tertiary/aromatic N) is 12. The van der Waals surface area contributed by atoms with Crippen LogP contribution in [0.5, 0.6) is 52.1 Å². The zero-order valence-corrected chi connectivity index (χ0v) is 50.0. The van der Waals surface area contributed by atoms with E-state index in [9.17, 15) is 32.7 Å². The maximum atomic E-state index is 12.4. The van der Waals surface area contributed by atoms with E-state index in [4.69, 9.17) is 48.5 Å². The molecule has 482 valence electrons. The molecule has 5 N–H and O–H groups in total. The van der Waals surface area contributed by atoms with Crippen LogP contribution in [0.4, 0.5) is 13.2 Å². The van der Waals surface area contributed by atoms with Gasteiger partial charge >= 0.3 is 30.1 Å². The molecule has 0 aliphatic heterocycles. The molecule has 30 heteroatoms. The van der Waals surface area contributed by atoms with Crippen LogP contribution in [0.3, 0.4) is 0 Å². The third-order valence-electron chi connectivity index (χ3n) is 13.0. The number of carboxylic acid groups (broad SMARTS) is 3. The first-order chi connectivity index (χ1) is 45.8. The van der Waals surface area contributed by atoms with Crippen molar-refractivity contribution in [3.05, 3.63) is 223 Å². The van der Waals surface area contributed by atoms with E-state index in [-0.39, 0.29) is 47.1 Å². The fourth-order valence-corrected chi connectivity index (χ4v) is 8.44. The lowest BCUT2D eigenvalue weighted by Crippen LogP contribution is -2.21. The molecule has 7 heterocycles. The highest BCUT2D eigenvalue weighted by Crippen LogP contribution is 2.31. The molecule has 0 bridgehead atoms. The number of aromatic carboxylic acids is 2. The summed E-state index contributed by atoms with van der Waals surface area (Å²) in [7, 11) is 3.21. The lowest BCUT2D eigenvalue weighted by Gasteiger charge is -2.10. The first-order valence-corrected chi connectivity index (χ1v) is 28.0. The van der Waals surface area contributed by atoms with Crippen molar-refractivity contribution in [2.75, 3.05) is 20.8 Å². The van der Waals surface area contributed by atoms with E-state index < -0.39 is 30.1 Å². The smallest absolute Gasteiger partial charge is 0.490 e. The summed E-state index contributed by atoms with van der Waals surface area (Å²) in [6.07, 6.45) is 1.70. The lowest BCUT2D eigenvalue weighted by molar-refractivity contribution is -0.192. The lowest BCUT2D eigenvalue weighted by atomic mass is 10.2. The van der Waals surface area contributed by atoms with Crippen molar-refractivity contribution < 1.29 is 81.2 Å². The Bertz CT molecular complexity index is 4800. The van der Waals surface area contributed by atoms with Gasteiger partial charge in [0.25, 0.3) is 17.6 Å². The van der Waals surface area contributed by atoms with E-state index in [0.29, 0.717) is 30.3 Å². The second-order valence-corrected chi connectivity index (χ2v) is 19.4. The predicted molar refractivity (Wildman–Crippen MR) is 333 cm³/mol. The number of hydrogen-bond donors (Lipinski definition) is 5. The topological polar surface area (TPSA) is 359 Å². The number of pyridine rings is 4. The van der Waals surface area contributed by atoms with Crippen LogP contribution in [0.1, 0.15) is 49.5 Å². The van der Waals surface area contributed by atoms with Crippen LogP contribution < -0.4 is 23.7 Å². The van der Waals surface area contributed by atoms with E-state index in [1.54, 1.807) is 88.4 Å². The van der Waals surface area contributed by atoms with Gasteiger partial charge in [0.05, 0.1) is 56.0 Å². The number of benzene rings is 6. The minimum Gasteiger partial charge on any atom is -0.508 e. The Morgan fingerprint density at radius 1 is 0.495 bits per heavy atom. The molecular weight excluding hydrogens is 1240 g/mol. The van der Waals surface area contributed by atoms with Gasteiger partial charge in [-0.1, -0.05) is 69.3 Å². The molecule has 95 heavy (non-hydrogen) atoms. The SMILES string of the molecule is CCOC(=O)c1nnn(Cc2ccc(OC)cc2)c1Oc1ccc2cccnc2c1.COc1ccc(Cn2nnc(C(=O)O)c2Oc2ccc3cccnc3c2)cc1.O=C(O)C(F)(F)F.O=C(O)c1[nH]nnc1Oc1ccc2cccnc2c1.Oc1ccc2cccnc2c1. The van der Waals surface area contributed by atoms with Gasteiger partial charge < -0.3 is 48.8 Å². The van der Waals surface area contributed by atoms with E-state index >= 15 is 0 Å². The number of hydrogen-bond acceptors (Lipinski definition) is 21. The van der Waals surface area contributed by atoms with E-state index in [1.807, 2.05) is 127 Å². The number of esters is 1. The summed E-state index contributed by atoms with van der Waals surface area (Å²) in [5, 5.41) is 63.6. The highest BCUT2D eigenvalue weighted by Gasteiger charge is 2.38. The molecule has 0 atom stereocenters. The third-order valence-corrected chi connectivity index (χ3v) is 13.0. The quantitative estimate of drug-likeness (QED) is 0.0561. The van der Waals surface area contributed by atoms with Crippen molar-refractivity contribution in [3.63, 3.8) is 0 Å². The van der Waals surface area contributed by atoms with Crippen LogP contribution in [0.15, 0.2) is 195 Å². The fourth-order valence-electron chi connectivity index (χ4n) is 8.44. The molecule has 13 aromatic rings. The fraction of sp³-hybridized carbons (Fsp3) is 0.108. The number of carbonyl (C=O) groups is 4. The molecule has 0 aliphatic carbocycles. The number of phenolic OH excluding ortho intramolecular Hbond substituents is 1. The van der Waals surface area contributed by atoms with E-state index in [2.05, 4.69) is 56.0 Å². The van der Waals surface area contributed by atoms with Gasteiger partial charge in [-0.25, -0.2) is 33.6 Å². The summed E-state index contributed by atoms with van der Waals surface area (Å²) in [4.78, 5) is 60.6. The second-order valence-electron chi connectivity index (χ2n) is 19.4. The molecule has 0 amide bonds. The van der Waals surface area contributed by atoms with Crippen molar-refractivity contribution in [3.8, 4) is 52.1 Å². The van der Waals surface area contributed by atoms with Crippen molar-refractivity contribution in [1.82, 2.24) is 65.3 Å². The van der Waals surface area contributed by atoms with Crippen LogP contribution in [-0.2, 0) is 22.6 Å². The number of fused-ring (bicyclic) bond motifs is 4. The molecule has 0 fully saturated rings. The van der Waals surface area contributed by atoms with Gasteiger partial charge in [0.15, 0.2) is 0 Å². The zero-order chi connectivity index (χ0) is 67.4. The normalized spacial score (nSPS) is 10.7. The highest BCUT2D eigenvalue weighted by molar-refractivity contribution is 5.90. The minimum atomic E-state index is -5.08. The second kappa shape index (κ2) is 31.0. The summed E-state index contributed by atoms with van der Waals surface area (Å²) in [6, 6.07) is 51.4. The number of alkyl halides is 3. The number of phenols is 1. The molecule has 0 saturated carbocycles. The molecule has 27 nitrogen and oxygen atoms in total. The maximum Gasteiger partial charge on any atom is 0.490 e. The van der Waals surface area contributed by atoms with Crippen LogP contribution in [0.25, 0.3) is 43.6 Å². The first kappa shape index (κ1) is 66.3. The summed E-state index contributed by atoms with van der Waals surface area (Å²) in [5.74, 6) is -2.40. The molecule has 13 rings (SSSR count). The van der Waals surface area contributed by atoms with Crippen LogP contribution in [0.2, 0.25) is 0 Å². The van der Waals surface area contributed by atoms with Crippen LogP contribution >= 0.6 is 0 Å². The molecule has 0 saturated heterocycles. The van der Waals surface area contributed by atoms with Crippen molar-refractivity contribution >= 4 is 67.5 Å². The summed E-state index contributed by atoms with van der Waals surface area (Å²) >= 11 is 0. The number of H-pyrrole nitrogens is 1. The number of carboxylic acids is 3. The van der Waals surface area contributed by atoms with E-state index in [0.717, 1.165) is 66.2 Å². The summed E-state index contributed by atoms with van der Waals surface area (Å²) < 4.78 is 67.4. The molecular formula is C65H52F3N13O14. The van der Waals surface area contributed by atoms with Gasteiger partial charge in [0, 0.05) is 70.6 Å². The van der Waals surface area contributed by atoms with Gasteiger partial charge in [-0.05, 0) is 115 Å². The molecule has 7 aromatic heterocycles. The van der Waals surface area contributed by atoms with Gasteiger partial charge in [-0.15, -0.1) is 10.2 Å². The van der Waals surface area contributed by atoms with Crippen molar-refractivity contribution in [2.24, 2.45) is 0 Å². The number of rotatable bonds is 16. The average molecular weight is 1300 g/mol. The Kier molecular flexibility index (Phi) is 21.7. The summed E-state index contributed by atoms with van der Waals surface area (Å²) in [6.45, 7) is 2.61. The number of methoxy groups -OCH3 is 2. The number of nitrogens with one attached hydrogen (secondary N) is 1. The Hall–Kier alpha value is -13.2. The molecule has 0 aliphatic rings. The Morgan fingerprint density at radius 3 is 1.28 bits per heavy atom. The Morgan fingerprint density at radius 2 is 0.884 bits per heavy atom.